The van der Waals surface area contributed by atoms with Crippen molar-refractivity contribution < 1.29 is 21.7 Å². The number of aromatic nitrogens is 1. The first kappa shape index (κ1) is 13.2. The van der Waals surface area contributed by atoms with Gasteiger partial charge in [0.2, 0.25) is 5.92 Å². The Morgan fingerprint density at radius 3 is 2.79 bits per heavy atom. The minimum Gasteiger partial charge on any atom is -0.397 e. The Morgan fingerprint density at radius 2 is 2.04 bits per heavy atom. The predicted octanol–water partition coefficient (Wildman–Crippen LogP) is 5.15. The molecule has 0 unspecified atom stereocenters. The van der Waals surface area contributed by atoms with Gasteiger partial charge >= 0.3 is 0 Å². The topological polar surface area (TPSA) is 38.9 Å². The Labute approximate surface area is 141 Å². The van der Waals surface area contributed by atoms with Crippen molar-refractivity contribution in [2.75, 3.05) is 5.73 Å². The molecular formula is C18H18F4N2. The van der Waals surface area contributed by atoms with Gasteiger partial charge in [-0.1, -0.05) is 6.85 Å². The Kier molecular flexibility index (Phi) is 3.34. The maximum absolute atomic E-state index is 14.1. The lowest BCUT2D eigenvalue weighted by Crippen LogP contribution is -2.30. The molecular weight excluding hydrogens is 320 g/mol. The molecule has 1 fully saturated rings. The summed E-state index contributed by atoms with van der Waals surface area (Å²) in [6.45, 7) is -2.62. The fourth-order valence-electron chi connectivity index (χ4n) is 3.18. The number of anilines is 1. The molecule has 3 rings (SSSR count). The first-order chi connectivity index (χ1) is 12.5. The molecule has 0 saturated heterocycles. The molecule has 1 aliphatic carbocycles. The molecule has 6 heteroatoms. The summed E-state index contributed by atoms with van der Waals surface area (Å²) in [6, 6.07) is 4.28. The minimum atomic E-state index is -3.07. The molecule has 1 aromatic heterocycles. The molecule has 1 heterocycles. The number of alkyl halides is 2. The van der Waals surface area contributed by atoms with Crippen molar-refractivity contribution >= 4 is 5.69 Å². The summed E-state index contributed by atoms with van der Waals surface area (Å²) in [5.41, 5.74) is 6.28. The van der Waals surface area contributed by atoms with E-state index in [1.807, 2.05) is 0 Å². The van der Waals surface area contributed by atoms with Gasteiger partial charge in [-0.25, -0.2) is 17.6 Å². The van der Waals surface area contributed by atoms with Crippen molar-refractivity contribution in [1.82, 2.24) is 4.98 Å². The van der Waals surface area contributed by atoms with Gasteiger partial charge in [-0.15, -0.1) is 0 Å². The van der Waals surface area contributed by atoms with Crippen molar-refractivity contribution in [3.05, 3.63) is 47.8 Å². The standard InChI is InChI=1S/C18H18F4N2/c1-10-9-18(21,22)6-4-12(10)17-16(23)13(5-7-24-17)14-8-11(19)2-3-15(14)20/h2-3,5,7-8,10,12H,4,6,9,23H2,1H3/t10-,12+/m1/s1/i1D3. The van der Waals surface area contributed by atoms with Crippen LogP contribution < -0.4 is 5.73 Å². The summed E-state index contributed by atoms with van der Waals surface area (Å²) in [5, 5.41) is 0. The van der Waals surface area contributed by atoms with Crippen LogP contribution in [-0.4, -0.2) is 10.9 Å². The van der Waals surface area contributed by atoms with Gasteiger partial charge in [0.25, 0.3) is 0 Å². The smallest absolute Gasteiger partial charge is 0.248 e. The molecule has 2 nitrogen and oxygen atoms in total. The zero-order chi connectivity index (χ0) is 20.0. The number of nitrogen functional groups attached to an aromatic ring is 1. The van der Waals surface area contributed by atoms with Crippen LogP contribution in [0.15, 0.2) is 30.5 Å². The highest BCUT2D eigenvalue weighted by atomic mass is 19.3. The van der Waals surface area contributed by atoms with Crippen molar-refractivity contribution in [3.63, 3.8) is 0 Å². The van der Waals surface area contributed by atoms with E-state index in [0.29, 0.717) is 0 Å². The summed E-state index contributed by atoms with van der Waals surface area (Å²) in [4.78, 5) is 4.12. The maximum Gasteiger partial charge on any atom is 0.248 e. The third-order valence-corrected chi connectivity index (χ3v) is 4.42. The van der Waals surface area contributed by atoms with Crippen molar-refractivity contribution in [1.29, 1.82) is 0 Å². The lowest BCUT2D eigenvalue weighted by molar-refractivity contribution is -0.0558. The van der Waals surface area contributed by atoms with Gasteiger partial charge < -0.3 is 5.73 Å². The first-order valence-electron chi connectivity index (χ1n) is 9.07. The zero-order valence-electron chi connectivity index (χ0n) is 15.7. The van der Waals surface area contributed by atoms with E-state index in [0.717, 1.165) is 18.2 Å². The Bertz CT molecular complexity index is 855. The number of hydrogen-bond acceptors (Lipinski definition) is 2. The van der Waals surface area contributed by atoms with Crippen molar-refractivity contribution in [2.24, 2.45) is 5.92 Å². The number of hydrogen-bond donors (Lipinski definition) is 1. The van der Waals surface area contributed by atoms with Gasteiger partial charge in [0.1, 0.15) is 11.6 Å². The van der Waals surface area contributed by atoms with E-state index in [1.165, 1.54) is 12.3 Å². The van der Waals surface area contributed by atoms with Crippen LogP contribution in [-0.2, 0) is 0 Å². The molecule has 0 spiro atoms. The fraction of sp³-hybridized carbons (Fsp3) is 0.389. The molecule has 0 radical (unpaired) electrons. The third-order valence-electron chi connectivity index (χ3n) is 4.42. The molecule has 2 N–H and O–H groups in total. The van der Waals surface area contributed by atoms with Gasteiger partial charge in [-0.3, -0.25) is 4.98 Å². The number of halogens is 4. The monoisotopic (exact) mass is 341 g/mol. The van der Waals surface area contributed by atoms with E-state index in [2.05, 4.69) is 4.98 Å². The van der Waals surface area contributed by atoms with E-state index in [9.17, 15) is 17.6 Å². The highest BCUT2D eigenvalue weighted by Crippen LogP contribution is 2.46. The van der Waals surface area contributed by atoms with Gasteiger partial charge in [0, 0.05) is 40.2 Å². The van der Waals surface area contributed by atoms with Crippen LogP contribution in [0, 0.1) is 17.6 Å². The second kappa shape index (κ2) is 6.07. The zero-order valence-corrected chi connectivity index (χ0v) is 12.7. The first-order valence-corrected chi connectivity index (χ1v) is 7.57. The van der Waals surface area contributed by atoms with Gasteiger partial charge in [-0.05, 0) is 36.6 Å². The van der Waals surface area contributed by atoms with Crippen molar-refractivity contribution in [3.8, 4) is 11.1 Å². The van der Waals surface area contributed by atoms with Gasteiger partial charge in [0.05, 0.1) is 11.4 Å². The summed E-state index contributed by atoms with van der Waals surface area (Å²) >= 11 is 0. The highest BCUT2D eigenvalue weighted by Gasteiger charge is 2.41. The average Bonchev–Trinajstić information content (AvgIpc) is 2.56. The summed E-state index contributed by atoms with van der Waals surface area (Å²) in [6.07, 6.45) is -0.0885. The third kappa shape index (κ3) is 3.09. The van der Waals surface area contributed by atoms with Crippen LogP contribution in [0.2, 0.25) is 0 Å². The number of rotatable bonds is 2. The summed E-state index contributed by atoms with van der Waals surface area (Å²) < 4.78 is 78.3. The Balaban J connectivity index is 2.08. The number of nitrogens with two attached hydrogens (primary N) is 1. The molecule has 24 heavy (non-hydrogen) atoms. The van der Waals surface area contributed by atoms with Crippen LogP contribution in [0.5, 0.6) is 0 Å². The van der Waals surface area contributed by atoms with E-state index < -0.39 is 49.1 Å². The highest BCUT2D eigenvalue weighted by molar-refractivity contribution is 5.78. The Hall–Kier alpha value is -2.11. The van der Waals surface area contributed by atoms with Crippen LogP contribution in [0.3, 0.4) is 0 Å². The SMILES string of the molecule is [2H]C([2H])([2H])[C@@H]1CC(F)(F)CC[C@@H]1c1nccc(-c2cc(F)ccc2F)c1N. The quantitative estimate of drug-likeness (QED) is 0.768. The number of nitrogens with zero attached hydrogens (tertiary/aromatic N) is 1. The fourth-order valence-corrected chi connectivity index (χ4v) is 3.18. The minimum absolute atomic E-state index is 0.0218. The molecule has 2 aromatic rings. The largest absolute Gasteiger partial charge is 0.397 e. The molecule has 0 bridgehead atoms. The normalized spacial score (nSPS) is 25.6. The van der Waals surface area contributed by atoms with Crippen LogP contribution in [0.25, 0.3) is 11.1 Å². The summed E-state index contributed by atoms with van der Waals surface area (Å²) in [7, 11) is 0. The Morgan fingerprint density at radius 1 is 1.25 bits per heavy atom. The average molecular weight is 341 g/mol. The molecule has 0 amide bonds. The van der Waals surface area contributed by atoms with E-state index in [4.69, 9.17) is 9.85 Å². The molecule has 128 valence electrons. The number of pyridine rings is 1. The van der Waals surface area contributed by atoms with Gasteiger partial charge in [0.15, 0.2) is 0 Å². The second-order valence-electron chi connectivity index (χ2n) is 6.09. The maximum atomic E-state index is 14.1. The van der Waals surface area contributed by atoms with Crippen molar-refractivity contribution in [2.45, 2.75) is 38.0 Å². The van der Waals surface area contributed by atoms with Crippen LogP contribution in [0.4, 0.5) is 23.2 Å². The molecule has 1 aliphatic rings. The molecule has 0 aliphatic heterocycles. The molecule has 1 aromatic carbocycles. The van der Waals surface area contributed by atoms with Crippen LogP contribution in [0.1, 0.15) is 41.8 Å². The lowest BCUT2D eigenvalue weighted by Gasteiger charge is -2.34. The molecule has 1 saturated carbocycles. The van der Waals surface area contributed by atoms with Gasteiger partial charge in [-0.2, -0.15) is 0 Å². The molecule has 2 atom stereocenters. The number of benzene rings is 1. The lowest BCUT2D eigenvalue weighted by atomic mass is 9.76. The predicted molar refractivity (Wildman–Crippen MR) is 84.7 cm³/mol. The second-order valence-corrected chi connectivity index (χ2v) is 6.09. The van der Waals surface area contributed by atoms with E-state index in [1.54, 1.807) is 0 Å². The van der Waals surface area contributed by atoms with E-state index >= 15 is 0 Å². The van der Waals surface area contributed by atoms with Crippen LogP contribution >= 0.6 is 0 Å². The van der Waals surface area contributed by atoms with E-state index in [-0.39, 0.29) is 28.9 Å². The summed E-state index contributed by atoms with van der Waals surface area (Å²) in [5.74, 6) is -6.60.